The van der Waals surface area contributed by atoms with E-state index in [0.29, 0.717) is 0 Å². The minimum absolute atomic E-state index is 0.0206. The van der Waals surface area contributed by atoms with E-state index in [0.717, 1.165) is 56.8 Å². The third kappa shape index (κ3) is 4.62. The van der Waals surface area contributed by atoms with E-state index in [9.17, 15) is 4.79 Å². The first-order valence-corrected chi connectivity index (χ1v) is 10.5. The number of hydrogen-bond donors (Lipinski definition) is 1. The first kappa shape index (κ1) is 19.2. The van der Waals surface area contributed by atoms with Gasteiger partial charge in [0.2, 0.25) is 0 Å². The molecule has 2 aromatic carbocycles. The minimum Gasteiger partial charge on any atom is -0.379 e. The summed E-state index contributed by atoms with van der Waals surface area (Å²) in [6, 6.07) is 14.7. The van der Waals surface area contributed by atoms with Crippen molar-refractivity contribution in [2.24, 2.45) is 0 Å². The molecule has 28 heavy (non-hydrogen) atoms. The average molecular weight is 379 g/mol. The first-order valence-electron chi connectivity index (χ1n) is 10.5. The minimum atomic E-state index is -0.0257. The van der Waals surface area contributed by atoms with Crippen LogP contribution in [0.25, 0.3) is 0 Å². The summed E-state index contributed by atoms with van der Waals surface area (Å²) >= 11 is 0. The first-order chi connectivity index (χ1) is 13.7. The number of hydrogen-bond acceptors (Lipinski definition) is 3. The van der Waals surface area contributed by atoms with Crippen molar-refractivity contribution in [3.8, 4) is 0 Å². The zero-order valence-electron chi connectivity index (χ0n) is 16.7. The maximum atomic E-state index is 13.1. The number of nitrogens with one attached hydrogen (secondary N) is 1. The van der Waals surface area contributed by atoms with E-state index in [1.807, 2.05) is 6.07 Å². The van der Waals surface area contributed by atoms with Crippen LogP contribution in [0.2, 0.25) is 0 Å². The van der Waals surface area contributed by atoms with Crippen molar-refractivity contribution in [1.29, 1.82) is 0 Å². The zero-order chi connectivity index (χ0) is 19.3. The number of nitrogens with zero attached hydrogens (tertiary/aromatic N) is 1. The van der Waals surface area contributed by atoms with Gasteiger partial charge in [0.05, 0.1) is 19.3 Å². The predicted octanol–water partition coefficient (Wildman–Crippen LogP) is 3.68. The molecule has 2 aliphatic rings. The van der Waals surface area contributed by atoms with E-state index in [2.05, 4.69) is 53.5 Å². The molecular weight excluding hydrogens is 348 g/mol. The molecule has 1 amide bonds. The Labute approximate surface area is 167 Å². The standard InChI is InChI=1S/C24H30N2O2/c1-18-6-8-20(9-7-18)23(17-26-12-14-28-15-13-26)25-24(27)22-11-10-19-4-2-3-5-21(19)16-22/h6-11,16,23H,2-5,12-15,17H2,1H3,(H,25,27). The number of ether oxygens (including phenoxy) is 1. The van der Waals surface area contributed by atoms with Gasteiger partial charge < -0.3 is 10.1 Å². The van der Waals surface area contributed by atoms with Gasteiger partial charge >= 0.3 is 0 Å². The van der Waals surface area contributed by atoms with E-state index in [1.165, 1.54) is 29.5 Å². The Hall–Kier alpha value is -2.17. The molecule has 0 saturated carbocycles. The molecule has 1 unspecified atom stereocenters. The third-order valence-electron chi connectivity index (χ3n) is 5.94. The highest BCUT2D eigenvalue weighted by Crippen LogP contribution is 2.23. The molecule has 1 heterocycles. The van der Waals surface area contributed by atoms with E-state index in [4.69, 9.17) is 4.74 Å². The van der Waals surface area contributed by atoms with Crippen molar-refractivity contribution in [3.05, 3.63) is 70.3 Å². The Kier molecular flexibility index (Phi) is 6.08. The molecule has 1 aliphatic heterocycles. The summed E-state index contributed by atoms with van der Waals surface area (Å²) in [6.07, 6.45) is 4.71. The molecule has 1 aliphatic carbocycles. The maximum Gasteiger partial charge on any atom is 0.251 e. The van der Waals surface area contributed by atoms with Gasteiger partial charge in [0, 0.05) is 25.2 Å². The molecule has 0 spiro atoms. The molecule has 148 valence electrons. The summed E-state index contributed by atoms with van der Waals surface area (Å²) in [6.45, 7) is 6.25. The molecule has 4 rings (SSSR count). The third-order valence-corrected chi connectivity index (χ3v) is 5.94. The maximum absolute atomic E-state index is 13.1. The Morgan fingerprint density at radius 2 is 1.75 bits per heavy atom. The predicted molar refractivity (Wildman–Crippen MR) is 112 cm³/mol. The average Bonchev–Trinajstić information content (AvgIpc) is 2.74. The van der Waals surface area contributed by atoms with Crippen molar-refractivity contribution in [1.82, 2.24) is 10.2 Å². The van der Waals surface area contributed by atoms with E-state index in [-0.39, 0.29) is 11.9 Å². The molecule has 0 bridgehead atoms. The highest BCUT2D eigenvalue weighted by Gasteiger charge is 2.21. The molecule has 1 fully saturated rings. The van der Waals surface area contributed by atoms with Gasteiger partial charge in [0.1, 0.15) is 0 Å². The second-order valence-electron chi connectivity index (χ2n) is 8.04. The quantitative estimate of drug-likeness (QED) is 0.863. The van der Waals surface area contributed by atoms with Crippen LogP contribution in [0.4, 0.5) is 0 Å². The van der Waals surface area contributed by atoms with Crippen molar-refractivity contribution < 1.29 is 9.53 Å². The summed E-state index contributed by atoms with van der Waals surface area (Å²) in [5, 5.41) is 3.30. The number of carbonyl (C=O) groups is 1. The van der Waals surface area contributed by atoms with Gasteiger partial charge in [0.25, 0.3) is 5.91 Å². The van der Waals surface area contributed by atoms with Crippen LogP contribution < -0.4 is 5.32 Å². The number of fused-ring (bicyclic) bond motifs is 1. The molecule has 1 saturated heterocycles. The van der Waals surface area contributed by atoms with Crippen molar-refractivity contribution in [2.45, 2.75) is 38.6 Å². The number of aryl methyl sites for hydroxylation is 3. The van der Waals surface area contributed by atoms with Crippen LogP contribution >= 0.6 is 0 Å². The number of amides is 1. The SMILES string of the molecule is Cc1ccc(C(CN2CCOCC2)NC(=O)c2ccc3c(c2)CCCC3)cc1. The van der Waals surface area contributed by atoms with Gasteiger partial charge in [0.15, 0.2) is 0 Å². The lowest BCUT2D eigenvalue weighted by Gasteiger charge is -2.31. The fraction of sp³-hybridized carbons (Fsp3) is 0.458. The van der Waals surface area contributed by atoms with Crippen LogP contribution in [0.5, 0.6) is 0 Å². The van der Waals surface area contributed by atoms with Gasteiger partial charge in [-0.05, 0) is 61.4 Å². The van der Waals surface area contributed by atoms with Gasteiger partial charge in [-0.25, -0.2) is 0 Å². The summed E-state index contributed by atoms with van der Waals surface area (Å²) in [4.78, 5) is 15.4. The monoisotopic (exact) mass is 378 g/mol. The summed E-state index contributed by atoms with van der Waals surface area (Å²) in [7, 11) is 0. The Bertz CT molecular complexity index is 810. The summed E-state index contributed by atoms with van der Waals surface area (Å²) < 4.78 is 5.48. The van der Waals surface area contributed by atoms with E-state index >= 15 is 0 Å². The highest BCUT2D eigenvalue weighted by atomic mass is 16.5. The summed E-state index contributed by atoms with van der Waals surface area (Å²) in [5.74, 6) is 0.0206. The van der Waals surface area contributed by atoms with Gasteiger partial charge in [-0.15, -0.1) is 0 Å². The van der Waals surface area contributed by atoms with Crippen LogP contribution in [0.1, 0.15) is 51.5 Å². The summed E-state index contributed by atoms with van der Waals surface area (Å²) in [5.41, 5.74) is 5.92. The van der Waals surface area contributed by atoms with E-state index < -0.39 is 0 Å². The molecule has 4 nitrogen and oxygen atoms in total. The molecule has 0 radical (unpaired) electrons. The lowest BCUT2D eigenvalue weighted by Crippen LogP contribution is -2.43. The highest BCUT2D eigenvalue weighted by molar-refractivity contribution is 5.94. The topological polar surface area (TPSA) is 41.6 Å². The van der Waals surface area contributed by atoms with Crippen molar-refractivity contribution in [2.75, 3.05) is 32.8 Å². The van der Waals surface area contributed by atoms with Crippen molar-refractivity contribution in [3.63, 3.8) is 0 Å². The zero-order valence-corrected chi connectivity index (χ0v) is 16.7. The molecule has 4 heteroatoms. The molecule has 2 aromatic rings. The second kappa shape index (κ2) is 8.89. The number of benzene rings is 2. The Balaban J connectivity index is 1.52. The van der Waals surface area contributed by atoms with E-state index in [1.54, 1.807) is 0 Å². The van der Waals surface area contributed by atoms with Crippen molar-refractivity contribution >= 4 is 5.91 Å². The second-order valence-corrected chi connectivity index (χ2v) is 8.04. The normalized spacial score (nSPS) is 18.3. The lowest BCUT2D eigenvalue weighted by atomic mass is 9.90. The molecular formula is C24H30N2O2. The number of carbonyl (C=O) groups excluding carboxylic acids is 1. The smallest absolute Gasteiger partial charge is 0.251 e. The largest absolute Gasteiger partial charge is 0.379 e. The van der Waals surface area contributed by atoms with Gasteiger partial charge in [-0.1, -0.05) is 35.9 Å². The van der Waals surface area contributed by atoms with Crippen LogP contribution in [0, 0.1) is 6.92 Å². The number of rotatable bonds is 5. The van der Waals surface area contributed by atoms with Crippen LogP contribution in [0.3, 0.4) is 0 Å². The molecule has 0 aromatic heterocycles. The molecule has 1 N–H and O–H groups in total. The van der Waals surface area contributed by atoms with Crippen LogP contribution in [0.15, 0.2) is 42.5 Å². The van der Waals surface area contributed by atoms with Crippen LogP contribution in [-0.2, 0) is 17.6 Å². The van der Waals surface area contributed by atoms with Gasteiger partial charge in [-0.2, -0.15) is 0 Å². The van der Waals surface area contributed by atoms with Gasteiger partial charge in [-0.3, -0.25) is 9.69 Å². The Morgan fingerprint density at radius 1 is 1.04 bits per heavy atom. The lowest BCUT2D eigenvalue weighted by molar-refractivity contribution is 0.0332. The fourth-order valence-electron chi connectivity index (χ4n) is 4.19. The molecule has 1 atom stereocenters. The number of morpholine rings is 1. The Morgan fingerprint density at radius 3 is 2.50 bits per heavy atom. The fourth-order valence-corrected chi connectivity index (χ4v) is 4.19. The van der Waals surface area contributed by atoms with Crippen LogP contribution in [-0.4, -0.2) is 43.7 Å².